The molecular weight excluding hydrogens is 395 g/mol. The van der Waals surface area contributed by atoms with Crippen molar-refractivity contribution >= 4 is 30.1 Å². The lowest BCUT2D eigenvalue weighted by atomic mass is 10.2. The van der Waals surface area contributed by atoms with Crippen LogP contribution in [0.2, 0.25) is 0 Å². The van der Waals surface area contributed by atoms with Crippen LogP contribution in [0.25, 0.3) is 0 Å². The van der Waals surface area contributed by atoms with Crippen LogP contribution in [-0.2, 0) is 6.54 Å². The summed E-state index contributed by atoms with van der Waals surface area (Å²) in [5.41, 5.74) is -0.745. The maximum atomic E-state index is 13.3. The number of nitrogens with zero attached hydrogens (tertiary/aromatic N) is 3. The first-order valence-electron chi connectivity index (χ1n) is 7.90. The van der Waals surface area contributed by atoms with Crippen LogP contribution in [0.3, 0.4) is 0 Å². The van der Waals surface area contributed by atoms with Crippen LogP contribution in [0.15, 0.2) is 16.1 Å². The van der Waals surface area contributed by atoms with Gasteiger partial charge in [-0.05, 0) is 0 Å². The van der Waals surface area contributed by atoms with Gasteiger partial charge < -0.3 is 10.6 Å². The molecule has 7 nitrogen and oxygen atoms in total. The molecule has 1 amide bonds. The maximum absolute atomic E-state index is 13.3. The number of carbonyl (C=O) groups is 1. The molecule has 0 aromatic carbocycles. The van der Waals surface area contributed by atoms with Gasteiger partial charge in [-0.1, -0.05) is 11.8 Å². The fourth-order valence-corrected chi connectivity index (χ4v) is 3.82. The van der Waals surface area contributed by atoms with E-state index in [4.69, 9.17) is 0 Å². The fraction of sp³-hybridized carbons (Fsp3) is 0.643. The molecule has 2 aliphatic heterocycles. The predicted octanol–water partition coefficient (Wildman–Crippen LogP) is 0.337. The SMILES string of the molecule is Cl.O=C(NCC(N1CCNCC1)C(F)(F)F)c1cnc2n(c1=O)CCS2. The zero-order valence-electron chi connectivity index (χ0n) is 13.7. The Hall–Kier alpha value is -1.30. The molecule has 0 bridgehead atoms. The highest BCUT2D eigenvalue weighted by Gasteiger charge is 2.44. The van der Waals surface area contributed by atoms with Gasteiger partial charge in [0.05, 0.1) is 0 Å². The van der Waals surface area contributed by atoms with E-state index in [0.717, 1.165) is 6.20 Å². The normalized spacial score (nSPS) is 18.7. The molecule has 0 saturated carbocycles. The summed E-state index contributed by atoms with van der Waals surface area (Å²) in [5, 5.41) is 5.77. The maximum Gasteiger partial charge on any atom is 0.405 e. The number of aromatic nitrogens is 2. The average Bonchev–Trinajstić information content (AvgIpc) is 3.04. The smallest absolute Gasteiger partial charge is 0.350 e. The molecule has 12 heteroatoms. The minimum Gasteiger partial charge on any atom is -0.350 e. The number of thioether (sulfide) groups is 1. The van der Waals surface area contributed by atoms with Gasteiger partial charge >= 0.3 is 6.18 Å². The van der Waals surface area contributed by atoms with Gasteiger partial charge in [-0.3, -0.25) is 19.1 Å². The molecular formula is C14H19ClF3N5O2S. The van der Waals surface area contributed by atoms with E-state index in [1.807, 2.05) is 0 Å². The zero-order chi connectivity index (χ0) is 18.0. The van der Waals surface area contributed by atoms with Gasteiger partial charge in [0.25, 0.3) is 11.5 Å². The van der Waals surface area contributed by atoms with Gasteiger partial charge in [-0.15, -0.1) is 12.4 Å². The Labute approximate surface area is 158 Å². The van der Waals surface area contributed by atoms with Crippen molar-refractivity contribution in [3.05, 3.63) is 22.1 Å². The van der Waals surface area contributed by atoms with Gasteiger partial charge in [0.15, 0.2) is 5.16 Å². The lowest BCUT2D eigenvalue weighted by molar-refractivity contribution is -0.183. The van der Waals surface area contributed by atoms with Crippen LogP contribution >= 0.6 is 24.2 Å². The second kappa shape index (κ2) is 8.59. The van der Waals surface area contributed by atoms with Crippen molar-refractivity contribution in [2.24, 2.45) is 0 Å². The van der Waals surface area contributed by atoms with Gasteiger partial charge in [0, 0.05) is 51.2 Å². The van der Waals surface area contributed by atoms with Crippen molar-refractivity contribution in [1.82, 2.24) is 25.1 Å². The standard InChI is InChI=1S/C14H18F3N5O2S.ClH/c15-14(16,17)10(21-3-1-18-2-4-21)8-19-11(23)9-7-20-13-22(12(9)24)5-6-25-13;/h7,10,18H,1-6,8H2,(H,19,23);1H. The molecule has 1 aromatic heterocycles. The predicted molar refractivity (Wildman–Crippen MR) is 93.1 cm³/mol. The Morgan fingerprint density at radius 1 is 1.35 bits per heavy atom. The van der Waals surface area contributed by atoms with E-state index in [2.05, 4.69) is 15.6 Å². The van der Waals surface area contributed by atoms with E-state index in [1.54, 1.807) is 0 Å². The number of nitrogens with one attached hydrogen (secondary N) is 2. The third-order valence-corrected chi connectivity index (χ3v) is 5.20. The van der Waals surface area contributed by atoms with Gasteiger partial charge in [-0.25, -0.2) is 4.98 Å². The highest BCUT2D eigenvalue weighted by atomic mass is 35.5. The van der Waals surface area contributed by atoms with E-state index in [0.29, 0.717) is 30.5 Å². The van der Waals surface area contributed by atoms with Crippen LogP contribution in [0, 0.1) is 0 Å². The van der Waals surface area contributed by atoms with Crippen molar-refractivity contribution in [3.8, 4) is 0 Å². The van der Waals surface area contributed by atoms with E-state index >= 15 is 0 Å². The second-order valence-corrected chi connectivity index (χ2v) is 6.88. The monoisotopic (exact) mass is 413 g/mol. The van der Waals surface area contributed by atoms with Crippen LogP contribution in [0.4, 0.5) is 13.2 Å². The molecule has 2 N–H and O–H groups in total. The fourth-order valence-electron chi connectivity index (χ4n) is 2.90. The molecule has 26 heavy (non-hydrogen) atoms. The number of halogens is 4. The Balaban J connectivity index is 0.00000243. The summed E-state index contributed by atoms with van der Waals surface area (Å²) in [7, 11) is 0. The molecule has 0 spiro atoms. The lowest BCUT2D eigenvalue weighted by Crippen LogP contribution is -2.57. The molecule has 0 radical (unpaired) electrons. The second-order valence-electron chi connectivity index (χ2n) is 5.81. The summed E-state index contributed by atoms with van der Waals surface area (Å²) >= 11 is 1.40. The Morgan fingerprint density at radius 3 is 2.69 bits per heavy atom. The van der Waals surface area contributed by atoms with Crippen molar-refractivity contribution in [2.75, 3.05) is 38.5 Å². The largest absolute Gasteiger partial charge is 0.405 e. The molecule has 1 atom stereocenters. The molecule has 3 heterocycles. The van der Waals surface area contributed by atoms with E-state index in [-0.39, 0.29) is 31.1 Å². The van der Waals surface area contributed by atoms with Gasteiger partial charge in [0.1, 0.15) is 11.6 Å². The van der Waals surface area contributed by atoms with Gasteiger partial charge in [0.2, 0.25) is 0 Å². The molecule has 1 fully saturated rings. The first-order chi connectivity index (χ1) is 11.9. The highest BCUT2D eigenvalue weighted by Crippen LogP contribution is 2.25. The van der Waals surface area contributed by atoms with Gasteiger partial charge in [-0.2, -0.15) is 13.2 Å². The van der Waals surface area contributed by atoms with Crippen molar-refractivity contribution in [2.45, 2.75) is 23.9 Å². The minimum atomic E-state index is -4.47. The summed E-state index contributed by atoms with van der Waals surface area (Å²) in [5.74, 6) is -0.138. The van der Waals surface area contributed by atoms with Crippen molar-refractivity contribution in [1.29, 1.82) is 0 Å². The van der Waals surface area contributed by atoms with E-state index in [9.17, 15) is 22.8 Å². The molecule has 2 aliphatic rings. The number of fused-ring (bicyclic) bond motifs is 1. The molecule has 3 rings (SSSR count). The first-order valence-corrected chi connectivity index (χ1v) is 8.89. The third kappa shape index (κ3) is 4.51. The number of piperazine rings is 1. The topological polar surface area (TPSA) is 79.3 Å². The number of carbonyl (C=O) groups excluding carboxylic acids is 1. The van der Waals surface area contributed by atoms with Crippen LogP contribution in [-0.4, -0.2) is 71.1 Å². The van der Waals surface area contributed by atoms with Crippen molar-refractivity contribution < 1.29 is 18.0 Å². The molecule has 1 saturated heterocycles. The first kappa shape index (κ1) is 21.0. The summed E-state index contributed by atoms with van der Waals surface area (Å²) in [4.78, 5) is 29.8. The zero-order valence-corrected chi connectivity index (χ0v) is 15.3. The van der Waals surface area contributed by atoms with Crippen LogP contribution in [0.5, 0.6) is 0 Å². The van der Waals surface area contributed by atoms with Crippen LogP contribution < -0.4 is 16.2 Å². The molecule has 0 aliphatic carbocycles. The highest BCUT2D eigenvalue weighted by molar-refractivity contribution is 7.99. The van der Waals surface area contributed by atoms with Crippen molar-refractivity contribution in [3.63, 3.8) is 0 Å². The Kier molecular flexibility index (Phi) is 6.94. The van der Waals surface area contributed by atoms with Crippen LogP contribution in [0.1, 0.15) is 10.4 Å². The molecule has 1 unspecified atom stereocenters. The summed E-state index contributed by atoms with van der Waals surface area (Å²) in [6, 6.07) is -1.78. The van der Waals surface area contributed by atoms with E-state index in [1.165, 1.54) is 21.2 Å². The van der Waals surface area contributed by atoms with E-state index < -0.39 is 30.2 Å². The lowest BCUT2D eigenvalue weighted by Gasteiger charge is -2.35. The average molecular weight is 414 g/mol. The number of rotatable bonds is 4. The minimum absolute atomic E-state index is 0. The summed E-state index contributed by atoms with van der Waals surface area (Å²) in [6.07, 6.45) is -3.33. The number of hydrogen-bond donors (Lipinski definition) is 2. The molecule has 146 valence electrons. The Morgan fingerprint density at radius 2 is 2.04 bits per heavy atom. The Bertz CT molecular complexity index is 709. The third-order valence-electron chi connectivity index (χ3n) is 4.23. The quantitative estimate of drug-likeness (QED) is 0.693. The summed E-state index contributed by atoms with van der Waals surface area (Å²) in [6.45, 7) is 1.28. The number of amides is 1. The summed E-state index contributed by atoms with van der Waals surface area (Å²) < 4.78 is 41.3. The number of alkyl halides is 3. The molecule has 1 aromatic rings. The number of hydrogen-bond acceptors (Lipinski definition) is 6.